The average molecular weight is 579 g/mol. The number of ether oxygens (including phenoxy) is 2. The lowest BCUT2D eigenvalue weighted by atomic mass is 10.1. The van der Waals surface area contributed by atoms with E-state index >= 15 is 0 Å². The molecule has 0 aliphatic rings. The normalized spacial score (nSPS) is 9.76. The van der Waals surface area contributed by atoms with E-state index in [0.717, 1.165) is 41.0 Å². The van der Waals surface area contributed by atoms with Crippen molar-refractivity contribution in [1.29, 1.82) is 0 Å². The number of nitrogens with zero attached hydrogens (tertiary/aromatic N) is 6. The van der Waals surface area contributed by atoms with Crippen molar-refractivity contribution in [2.45, 2.75) is 40.5 Å². The van der Waals surface area contributed by atoms with Crippen molar-refractivity contribution in [3.05, 3.63) is 70.4 Å². The average Bonchev–Trinajstić information content (AvgIpc) is 2.96. The Kier molecular flexibility index (Phi) is 16.8. The third-order valence-corrected chi connectivity index (χ3v) is 6.07. The number of nitrogens with two attached hydrogens (primary N) is 2. The van der Waals surface area contributed by atoms with Crippen LogP contribution in [-0.2, 0) is 25.5 Å². The number of aryl methyl sites for hydroxylation is 2. The predicted molar refractivity (Wildman–Crippen MR) is 160 cm³/mol. The topological polar surface area (TPSA) is 144 Å². The number of benzene rings is 2. The van der Waals surface area contributed by atoms with Gasteiger partial charge in [0.2, 0.25) is 13.1 Å². The van der Waals surface area contributed by atoms with E-state index in [-0.39, 0.29) is 25.2 Å². The summed E-state index contributed by atoms with van der Waals surface area (Å²) in [6.45, 7) is 24.3. The number of anilines is 2. The highest BCUT2D eigenvalue weighted by atomic mass is 16.5. The molecule has 0 aromatic heterocycles. The van der Waals surface area contributed by atoms with Gasteiger partial charge >= 0.3 is 11.9 Å². The maximum atomic E-state index is 10.9. The third kappa shape index (κ3) is 13.0. The van der Waals surface area contributed by atoms with E-state index in [0.29, 0.717) is 45.0 Å². The van der Waals surface area contributed by atoms with Gasteiger partial charge in [-0.2, -0.15) is 11.1 Å². The molecule has 0 unspecified atom stereocenters. The van der Waals surface area contributed by atoms with Gasteiger partial charge in [0.25, 0.3) is 0 Å². The smallest absolute Gasteiger partial charge is 0.302 e. The van der Waals surface area contributed by atoms with Crippen molar-refractivity contribution < 1.29 is 30.1 Å². The standard InChI is InChI=1S/C15H19N5.C15H21N3O4/c1-4-5-13-12-14(6-7-15(13)19-16)20(10-8-17-2)11-9-18-3;1-11-10-14(4-5-15(11)17-16)18(6-8-21-12(2)19)7-9-22-13(3)20/h6-7,12,16H,4-5,8-11H2,1H3;4-5,10,16H,6-9H2,1-3H3/p+2. The van der Waals surface area contributed by atoms with Gasteiger partial charge in [-0.1, -0.05) is 13.3 Å². The van der Waals surface area contributed by atoms with Crippen LogP contribution in [0, 0.1) is 20.1 Å². The molecule has 2 aromatic carbocycles. The summed E-state index contributed by atoms with van der Waals surface area (Å²) in [7, 11) is 0. The fourth-order valence-corrected chi connectivity index (χ4v) is 4.03. The molecule has 2 aromatic rings. The minimum atomic E-state index is -0.326. The Morgan fingerprint density at radius 1 is 0.810 bits per heavy atom. The van der Waals surface area contributed by atoms with Crippen LogP contribution < -0.4 is 20.9 Å². The number of rotatable bonds is 16. The van der Waals surface area contributed by atoms with E-state index in [1.165, 1.54) is 13.8 Å². The molecule has 4 N–H and O–H groups in total. The van der Waals surface area contributed by atoms with Crippen LogP contribution in [0.5, 0.6) is 0 Å². The monoisotopic (exact) mass is 578 g/mol. The quantitative estimate of drug-likeness (QED) is 0.178. The Bertz CT molecular complexity index is 1230. The first-order valence-electron chi connectivity index (χ1n) is 13.7. The molecular weight excluding hydrogens is 536 g/mol. The van der Waals surface area contributed by atoms with Crippen molar-refractivity contribution in [3.8, 4) is 0 Å². The van der Waals surface area contributed by atoms with Crippen LogP contribution in [-0.4, -0.2) is 64.4 Å². The molecule has 0 fully saturated rings. The summed E-state index contributed by atoms with van der Waals surface area (Å²) >= 11 is 0. The number of hydrogen-bond acceptors (Lipinski definition) is 8. The van der Waals surface area contributed by atoms with E-state index in [4.69, 9.17) is 33.7 Å². The van der Waals surface area contributed by atoms with Crippen LogP contribution in [0.4, 0.5) is 22.7 Å². The van der Waals surface area contributed by atoms with Gasteiger partial charge in [-0.15, -0.1) is 0 Å². The molecule has 42 heavy (non-hydrogen) atoms. The van der Waals surface area contributed by atoms with Gasteiger partial charge in [0, 0.05) is 25.2 Å². The summed E-state index contributed by atoms with van der Waals surface area (Å²) in [5.74, 6) is -0.651. The van der Waals surface area contributed by atoms with Crippen molar-refractivity contribution in [3.63, 3.8) is 0 Å². The summed E-state index contributed by atoms with van der Waals surface area (Å²) < 4.78 is 9.94. The minimum Gasteiger partial charge on any atom is -0.464 e. The van der Waals surface area contributed by atoms with Gasteiger partial charge in [-0.3, -0.25) is 9.59 Å². The summed E-state index contributed by atoms with van der Waals surface area (Å²) in [6.07, 6.45) is 1.94. The summed E-state index contributed by atoms with van der Waals surface area (Å²) in [6, 6.07) is 11.6. The molecule has 0 saturated carbocycles. The molecule has 0 heterocycles. The molecule has 0 saturated heterocycles. The maximum Gasteiger partial charge on any atom is 0.302 e. The summed E-state index contributed by atoms with van der Waals surface area (Å²) in [5.41, 5.74) is 16.2. The first kappa shape index (κ1) is 35.2. The second kappa shape index (κ2) is 20.1. The van der Waals surface area contributed by atoms with E-state index in [9.17, 15) is 9.59 Å². The first-order valence-corrected chi connectivity index (χ1v) is 13.7. The lowest BCUT2D eigenvalue weighted by Crippen LogP contribution is -2.32. The highest BCUT2D eigenvalue weighted by Gasteiger charge is 2.13. The van der Waals surface area contributed by atoms with Crippen molar-refractivity contribution >= 4 is 34.7 Å². The van der Waals surface area contributed by atoms with E-state index < -0.39 is 0 Å². The van der Waals surface area contributed by atoms with E-state index in [1.54, 1.807) is 0 Å². The highest BCUT2D eigenvalue weighted by molar-refractivity contribution is 5.66. The summed E-state index contributed by atoms with van der Waals surface area (Å²) in [4.78, 5) is 32.6. The van der Waals surface area contributed by atoms with Crippen LogP contribution in [0.1, 0.15) is 38.3 Å². The van der Waals surface area contributed by atoms with Crippen molar-refractivity contribution in [2.75, 3.05) is 62.3 Å². The van der Waals surface area contributed by atoms with Gasteiger partial charge in [0.15, 0.2) is 0 Å². The lowest BCUT2D eigenvalue weighted by molar-refractivity contribution is -0.211. The fraction of sp³-hybridized carbons (Fsp3) is 0.467. The van der Waals surface area contributed by atoms with Gasteiger partial charge < -0.3 is 29.0 Å². The van der Waals surface area contributed by atoms with Crippen LogP contribution in [0.15, 0.2) is 46.6 Å². The molecule has 0 atom stereocenters. The zero-order chi connectivity index (χ0) is 31.3. The zero-order valence-corrected chi connectivity index (χ0v) is 25.0. The second-order valence-electron chi connectivity index (χ2n) is 9.21. The zero-order valence-electron chi connectivity index (χ0n) is 25.0. The van der Waals surface area contributed by atoms with Gasteiger partial charge in [0.1, 0.15) is 24.6 Å². The van der Waals surface area contributed by atoms with Crippen molar-refractivity contribution in [1.82, 2.24) is 0 Å². The molecule has 0 spiro atoms. The molecule has 0 amide bonds. The lowest BCUT2D eigenvalue weighted by Gasteiger charge is -2.24. The molecule has 2 rings (SSSR count). The van der Waals surface area contributed by atoms with Crippen molar-refractivity contribution in [2.24, 2.45) is 10.2 Å². The Balaban J connectivity index is 0.000000422. The molecular formula is C30H42N8O4+2. The molecule has 12 heteroatoms. The van der Waals surface area contributed by atoms with E-state index in [2.05, 4.69) is 37.8 Å². The molecule has 0 bridgehead atoms. The molecule has 0 radical (unpaired) electrons. The van der Waals surface area contributed by atoms with Crippen LogP contribution in [0.2, 0.25) is 0 Å². The number of carbonyl (C=O) groups is 2. The summed E-state index contributed by atoms with van der Waals surface area (Å²) in [5, 5.41) is 7.48. The van der Waals surface area contributed by atoms with Crippen LogP contribution in [0.25, 0.3) is 9.69 Å². The van der Waals surface area contributed by atoms with E-state index in [1.807, 2.05) is 42.2 Å². The molecule has 12 nitrogen and oxygen atoms in total. The Morgan fingerprint density at radius 2 is 1.29 bits per heavy atom. The Labute approximate surface area is 248 Å². The van der Waals surface area contributed by atoms with Crippen LogP contribution >= 0.6 is 0 Å². The highest BCUT2D eigenvalue weighted by Crippen LogP contribution is 2.26. The van der Waals surface area contributed by atoms with Crippen LogP contribution in [0.3, 0.4) is 0 Å². The SMILES string of the molecule is CC(=O)OCCN(CCOC(C)=O)c1ccc(N=[NH2+])c(C)c1.[C-]#[N+]CCN(CC[N+]#[C-])c1ccc(N=[NH2+])c(CCC)c1. The Hall–Kier alpha value is -4.84. The van der Waals surface area contributed by atoms with Gasteiger partial charge in [0.05, 0.1) is 26.2 Å². The number of carbonyl (C=O) groups excluding carboxylic acids is 2. The first-order chi connectivity index (χ1) is 20.2. The number of esters is 2. The predicted octanol–water partition coefficient (Wildman–Crippen LogP) is 2.90. The van der Waals surface area contributed by atoms with Gasteiger partial charge in [-0.05, 0) is 71.1 Å². The van der Waals surface area contributed by atoms with Gasteiger partial charge in [-0.25, -0.2) is 13.1 Å². The Morgan fingerprint density at radius 3 is 1.71 bits per heavy atom. The number of hydrogen-bond donors (Lipinski definition) is 2. The fourth-order valence-electron chi connectivity index (χ4n) is 4.03. The molecule has 0 aliphatic carbocycles. The molecule has 224 valence electrons. The molecule has 0 aliphatic heterocycles. The largest absolute Gasteiger partial charge is 0.464 e. The maximum absolute atomic E-state index is 10.9. The second-order valence-corrected chi connectivity index (χ2v) is 9.21. The third-order valence-electron chi connectivity index (χ3n) is 6.07. The minimum absolute atomic E-state index is 0.261.